The van der Waals surface area contributed by atoms with E-state index in [1.807, 2.05) is 6.07 Å². The van der Waals surface area contributed by atoms with Crippen LogP contribution in [0.4, 0.5) is 0 Å². The molecule has 4 heteroatoms. The topological polar surface area (TPSA) is 39.7 Å². The summed E-state index contributed by atoms with van der Waals surface area (Å²) in [7, 11) is 5.08. The minimum atomic E-state index is 0.366. The Morgan fingerprint density at radius 3 is 2.47 bits per heavy atom. The zero-order chi connectivity index (χ0) is 13.7. The van der Waals surface area contributed by atoms with Crippen LogP contribution in [0.1, 0.15) is 36.4 Å². The lowest BCUT2D eigenvalue weighted by atomic mass is 9.95. The van der Waals surface area contributed by atoms with Crippen LogP contribution in [0, 0.1) is 0 Å². The van der Waals surface area contributed by atoms with Crippen LogP contribution in [-0.2, 0) is 11.3 Å². The van der Waals surface area contributed by atoms with Crippen molar-refractivity contribution in [2.24, 2.45) is 0 Å². The molecule has 1 fully saturated rings. The molecule has 106 valence electrons. The first-order valence-corrected chi connectivity index (χ1v) is 6.77. The zero-order valence-corrected chi connectivity index (χ0v) is 12.0. The Kier molecular flexibility index (Phi) is 5.05. The van der Waals surface area contributed by atoms with Crippen molar-refractivity contribution in [3.63, 3.8) is 0 Å². The van der Waals surface area contributed by atoms with Crippen molar-refractivity contribution in [2.45, 2.75) is 31.9 Å². The van der Waals surface area contributed by atoms with E-state index in [2.05, 4.69) is 11.4 Å². The lowest BCUT2D eigenvalue weighted by Gasteiger charge is -2.26. The number of methoxy groups -OCH3 is 3. The number of hydrogen-bond donors (Lipinski definition) is 1. The molecule has 0 aliphatic carbocycles. The lowest BCUT2D eigenvalue weighted by Crippen LogP contribution is -2.27. The quantitative estimate of drug-likeness (QED) is 0.888. The van der Waals surface area contributed by atoms with Crippen LogP contribution < -0.4 is 14.8 Å². The van der Waals surface area contributed by atoms with Crippen LogP contribution in [-0.4, -0.2) is 27.9 Å². The van der Waals surface area contributed by atoms with E-state index in [1.54, 1.807) is 21.3 Å². The Bertz CT molecular complexity index is 414. The summed E-state index contributed by atoms with van der Waals surface area (Å²) in [6.07, 6.45) is 3.65. The van der Waals surface area contributed by atoms with Gasteiger partial charge in [0.25, 0.3) is 0 Å². The summed E-state index contributed by atoms with van der Waals surface area (Å²) in [6, 6.07) is 4.47. The summed E-state index contributed by atoms with van der Waals surface area (Å²) in [6.45, 7) is 1.62. The highest BCUT2D eigenvalue weighted by atomic mass is 16.5. The maximum atomic E-state index is 5.51. The first-order chi connectivity index (χ1) is 9.30. The molecule has 4 nitrogen and oxygen atoms in total. The Hall–Kier alpha value is -1.26. The number of rotatable bonds is 5. The number of benzene rings is 1. The van der Waals surface area contributed by atoms with Gasteiger partial charge >= 0.3 is 0 Å². The minimum Gasteiger partial charge on any atom is -0.496 e. The number of ether oxygens (including phenoxy) is 3. The van der Waals surface area contributed by atoms with E-state index in [4.69, 9.17) is 14.2 Å². The Morgan fingerprint density at radius 1 is 1.11 bits per heavy atom. The lowest BCUT2D eigenvalue weighted by molar-refractivity contribution is 0.181. The third kappa shape index (κ3) is 3.19. The highest BCUT2D eigenvalue weighted by Crippen LogP contribution is 2.36. The highest BCUT2D eigenvalue weighted by molar-refractivity contribution is 5.48. The third-order valence-electron chi connectivity index (χ3n) is 3.62. The van der Waals surface area contributed by atoms with E-state index < -0.39 is 0 Å². The van der Waals surface area contributed by atoms with Crippen LogP contribution in [0.5, 0.6) is 11.5 Å². The summed E-state index contributed by atoms with van der Waals surface area (Å²) in [5.41, 5.74) is 2.27. The average Bonchev–Trinajstić information content (AvgIpc) is 2.48. The molecule has 0 spiro atoms. The van der Waals surface area contributed by atoms with E-state index in [0.29, 0.717) is 12.6 Å². The molecule has 1 aromatic rings. The fourth-order valence-corrected chi connectivity index (χ4v) is 2.65. The number of piperidine rings is 1. The maximum absolute atomic E-state index is 5.51. The van der Waals surface area contributed by atoms with Gasteiger partial charge in [0.2, 0.25) is 0 Å². The van der Waals surface area contributed by atoms with Gasteiger partial charge in [0.15, 0.2) is 0 Å². The van der Waals surface area contributed by atoms with E-state index in [-0.39, 0.29) is 0 Å². The molecule has 2 rings (SSSR count). The molecule has 1 N–H and O–H groups in total. The SMILES string of the molecule is COCc1cc(C2CCCCN2)c(OC)cc1OC. The van der Waals surface area contributed by atoms with Crippen molar-refractivity contribution in [3.8, 4) is 11.5 Å². The fraction of sp³-hybridized carbons (Fsp3) is 0.600. The van der Waals surface area contributed by atoms with E-state index in [9.17, 15) is 0 Å². The monoisotopic (exact) mass is 265 g/mol. The second-order valence-corrected chi connectivity index (χ2v) is 4.84. The predicted molar refractivity (Wildman–Crippen MR) is 74.9 cm³/mol. The molecule has 0 radical (unpaired) electrons. The van der Waals surface area contributed by atoms with Gasteiger partial charge in [-0.25, -0.2) is 0 Å². The summed E-state index contributed by atoms with van der Waals surface area (Å²) in [5.74, 6) is 1.70. The Morgan fingerprint density at radius 2 is 1.89 bits per heavy atom. The number of nitrogens with one attached hydrogen (secondary N) is 1. The van der Waals surface area contributed by atoms with Gasteiger partial charge in [0.05, 0.1) is 20.8 Å². The van der Waals surface area contributed by atoms with Gasteiger partial charge in [0.1, 0.15) is 11.5 Å². The van der Waals surface area contributed by atoms with Crippen molar-refractivity contribution >= 4 is 0 Å². The highest BCUT2D eigenvalue weighted by Gasteiger charge is 2.21. The Balaban J connectivity index is 2.36. The zero-order valence-electron chi connectivity index (χ0n) is 12.0. The molecular weight excluding hydrogens is 242 g/mol. The first-order valence-electron chi connectivity index (χ1n) is 6.77. The molecule has 0 amide bonds. The number of hydrogen-bond acceptors (Lipinski definition) is 4. The first kappa shape index (κ1) is 14.2. The third-order valence-corrected chi connectivity index (χ3v) is 3.62. The van der Waals surface area contributed by atoms with Crippen molar-refractivity contribution < 1.29 is 14.2 Å². The van der Waals surface area contributed by atoms with Crippen LogP contribution in [0.25, 0.3) is 0 Å². The minimum absolute atomic E-state index is 0.366. The van der Waals surface area contributed by atoms with Gasteiger partial charge in [-0.1, -0.05) is 6.42 Å². The molecule has 1 atom stereocenters. The molecule has 1 saturated heterocycles. The summed E-state index contributed by atoms with van der Waals surface area (Å²) in [4.78, 5) is 0. The van der Waals surface area contributed by atoms with Gasteiger partial charge in [-0.15, -0.1) is 0 Å². The van der Waals surface area contributed by atoms with Gasteiger partial charge in [-0.2, -0.15) is 0 Å². The second-order valence-electron chi connectivity index (χ2n) is 4.84. The van der Waals surface area contributed by atoms with Crippen LogP contribution >= 0.6 is 0 Å². The predicted octanol–water partition coefficient (Wildman–Crippen LogP) is 2.66. The van der Waals surface area contributed by atoms with Crippen LogP contribution in [0.2, 0.25) is 0 Å². The molecule has 1 heterocycles. The van der Waals surface area contributed by atoms with Gasteiger partial charge in [-0.05, 0) is 25.5 Å². The van der Waals surface area contributed by atoms with Crippen molar-refractivity contribution in [2.75, 3.05) is 27.9 Å². The largest absolute Gasteiger partial charge is 0.496 e. The normalized spacial score (nSPS) is 19.2. The van der Waals surface area contributed by atoms with Crippen LogP contribution in [0.3, 0.4) is 0 Å². The molecular formula is C15H23NO3. The molecule has 1 unspecified atom stereocenters. The average molecular weight is 265 g/mol. The summed E-state index contributed by atoms with van der Waals surface area (Å²) in [5, 5.41) is 3.56. The molecule has 19 heavy (non-hydrogen) atoms. The van der Waals surface area contributed by atoms with Gasteiger partial charge in [0, 0.05) is 30.3 Å². The molecule has 1 aliphatic rings. The summed E-state index contributed by atoms with van der Waals surface area (Å²) < 4.78 is 16.2. The smallest absolute Gasteiger partial charge is 0.128 e. The fourth-order valence-electron chi connectivity index (χ4n) is 2.65. The second kappa shape index (κ2) is 6.78. The summed E-state index contributed by atoms with van der Waals surface area (Å²) >= 11 is 0. The standard InChI is InChI=1S/C15H23NO3/c1-17-10-11-8-12(13-6-4-5-7-16-13)15(19-3)9-14(11)18-2/h8-9,13,16H,4-7,10H2,1-3H3. The van der Waals surface area contributed by atoms with Crippen molar-refractivity contribution in [1.82, 2.24) is 5.32 Å². The van der Waals surface area contributed by atoms with E-state index in [1.165, 1.54) is 18.4 Å². The van der Waals surface area contributed by atoms with Crippen molar-refractivity contribution in [1.29, 1.82) is 0 Å². The molecule has 0 aromatic heterocycles. The van der Waals surface area contributed by atoms with Crippen LogP contribution in [0.15, 0.2) is 12.1 Å². The maximum Gasteiger partial charge on any atom is 0.128 e. The van der Waals surface area contributed by atoms with Gasteiger partial charge < -0.3 is 19.5 Å². The van der Waals surface area contributed by atoms with Gasteiger partial charge in [-0.3, -0.25) is 0 Å². The Labute approximate surface area is 115 Å². The molecule has 1 aromatic carbocycles. The molecule has 0 bridgehead atoms. The van der Waals surface area contributed by atoms with Crippen molar-refractivity contribution in [3.05, 3.63) is 23.3 Å². The molecule has 1 aliphatic heterocycles. The van der Waals surface area contributed by atoms with E-state index in [0.717, 1.165) is 30.0 Å². The molecule has 0 saturated carbocycles. The van der Waals surface area contributed by atoms with E-state index >= 15 is 0 Å².